The fourth-order valence-corrected chi connectivity index (χ4v) is 1.36. The van der Waals surface area contributed by atoms with E-state index in [1.807, 2.05) is 31.2 Å². The van der Waals surface area contributed by atoms with Crippen molar-refractivity contribution in [1.82, 2.24) is 0 Å². The van der Waals surface area contributed by atoms with Crippen LogP contribution in [-0.2, 0) is 0 Å². The monoisotopic (exact) mass is 226 g/mol. The Morgan fingerprint density at radius 3 is 1.80 bits per heavy atom. The first-order valence-corrected chi connectivity index (χ1v) is 6.31. The first-order chi connectivity index (χ1) is 7.22. The number of hydrogen-bond acceptors (Lipinski definition) is 0. The van der Waals surface area contributed by atoms with E-state index in [2.05, 4.69) is 13.8 Å². The predicted molar refractivity (Wildman–Crippen MR) is 70.6 cm³/mol. The number of rotatable bonds is 4. The maximum Gasteiger partial charge on any atom is 0.0435 e. The van der Waals surface area contributed by atoms with Crippen LogP contribution in [0.4, 0.5) is 0 Å². The first kappa shape index (κ1) is 14.5. The Labute approximate surface area is 99.7 Å². The number of aryl methyl sites for hydroxylation is 1. The maximum atomic E-state index is 5.71. The molecule has 0 amide bonds. The van der Waals surface area contributed by atoms with Crippen LogP contribution in [0.15, 0.2) is 24.3 Å². The molecule has 0 aromatic heterocycles. The van der Waals surface area contributed by atoms with Gasteiger partial charge in [-0.1, -0.05) is 75.8 Å². The van der Waals surface area contributed by atoms with Gasteiger partial charge in [0.25, 0.3) is 0 Å². The topological polar surface area (TPSA) is 0 Å². The molecule has 15 heavy (non-hydrogen) atoms. The summed E-state index contributed by atoms with van der Waals surface area (Å²) in [5.74, 6) is 0. The van der Waals surface area contributed by atoms with Crippen molar-refractivity contribution in [3.05, 3.63) is 34.9 Å². The maximum absolute atomic E-state index is 5.71. The zero-order chi connectivity index (χ0) is 11.5. The molecule has 1 rings (SSSR count). The van der Waals surface area contributed by atoms with Gasteiger partial charge in [-0.2, -0.15) is 0 Å². The van der Waals surface area contributed by atoms with Gasteiger partial charge in [0.1, 0.15) is 0 Å². The average Bonchev–Trinajstić information content (AvgIpc) is 2.24. The fourth-order valence-electron chi connectivity index (χ4n) is 1.23. The molecule has 0 fully saturated rings. The molecule has 0 saturated carbocycles. The third-order valence-electron chi connectivity index (χ3n) is 2.28. The summed E-state index contributed by atoms with van der Waals surface area (Å²) in [5, 5.41) is 0.840. The van der Waals surface area contributed by atoms with E-state index in [9.17, 15) is 0 Å². The zero-order valence-electron chi connectivity index (χ0n) is 10.2. The molecule has 0 radical (unpaired) electrons. The van der Waals surface area contributed by atoms with Gasteiger partial charge >= 0.3 is 0 Å². The number of benzene rings is 1. The van der Waals surface area contributed by atoms with Crippen LogP contribution >= 0.6 is 11.6 Å². The lowest BCUT2D eigenvalue weighted by molar-refractivity contribution is 0.656. The number of unbranched alkanes of at least 4 members (excludes halogenated alkanes) is 4. The van der Waals surface area contributed by atoms with Gasteiger partial charge in [-0.15, -0.1) is 0 Å². The van der Waals surface area contributed by atoms with Crippen molar-refractivity contribution in [3.63, 3.8) is 0 Å². The van der Waals surface area contributed by atoms with Crippen molar-refractivity contribution in [2.45, 2.75) is 52.9 Å². The van der Waals surface area contributed by atoms with Crippen molar-refractivity contribution < 1.29 is 0 Å². The molecule has 0 heterocycles. The standard InChI is InChI=1S/C7H7Cl.C7H16/c1-6-4-2-3-5-7(6)8;1-3-5-7-6-4-2/h2-5H,1H3;3-7H2,1-2H3. The molecule has 1 aromatic carbocycles. The van der Waals surface area contributed by atoms with Gasteiger partial charge in [-0.05, 0) is 18.6 Å². The molecule has 0 bridgehead atoms. The van der Waals surface area contributed by atoms with Gasteiger partial charge in [0.05, 0.1) is 0 Å². The summed E-state index contributed by atoms with van der Waals surface area (Å²) in [6.45, 7) is 6.48. The molecule has 1 heteroatoms. The Bertz CT molecular complexity index is 218. The summed E-state index contributed by atoms with van der Waals surface area (Å²) in [5.41, 5.74) is 1.13. The summed E-state index contributed by atoms with van der Waals surface area (Å²) in [7, 11) is 0. The molecule has 0 unspecified atom stereocenters. The van der Waals surface area contributed by atoms with E-state index in [0.29, 0.717) is 0 Å². The summed E-state index contributed by atoms with van der Waals surface area (Å²) >= 11 is 5.71. The SMILES string of the molecule is CCCCCCC.Cc1ccccc1Cl. The van der Waals surface area contributed by atoms with Crippen molar-refractivity contribution in [2.75, 3.05) is 0 Å². The van der Waals surface area contributed by atoms with Crippen LogP contribution in [0.25, 0.3) is 0 Å². The molecule has 1 aromatic rings. The lowest BCUT2D eigenvalue weighted by Crippen LogP contribution is -1.70. The number of hydrogen-bond donors (Lipinski definition) is 0. The Kier molecular flexibility index (Phi) is 9.71. The van der Waals surface area contributed by atoms with Crippen molar-refractivity contribution >= 4 is 11.6 Å². The fraction of sp³-hybridized carbons (Fsp3) is 0.571. The number of halogens is 1. The molecule has 0 atom stereocenters. The van der Waals surface area contributed by atoms with Gasteiger partial charge in [-0.3, -0.25) is 0 Å². The van der Waals surface area contributed by atoms with E-state index >= 15 is 0 Å². The Morgan fingerprint density at radius 1 is 0.933 bits per heavy atom. The third-order valence-corrected chi connectivity index (χ3v) is 2.71. The smallest absolute Gasteiger partial charge is 0.0435 e. The Balaban J connectivity index is 0.000000265. The zero-order valence-corrected chi connectivity index (χ0v) is 11.0. The van der Waals surface area contributed by atoms with E-state index in [4.69, 9.17) is 11.6 Å². The second-order valence-electron chi connectivity index (χ2n) is 3.81. The van der Waals surface area contributed by atoms with Crippen molar-refractivity contribution in [2.24, 2.45) is 0 Å². The highest BCUT2D eigenvalue weighted by molar-refractivity contribution is 6.31. The minimum atomic E-state index is 0.840. The van der Waals surface area contributed by atoms with Crippen LogP contribution < -0.4 is 0 Å². The normalized spacial score (nSPS) is 9.33. The predicted octanol–water partition coefficient (Wildman–Crippen LogP) is 5.63. The van der Waals surface area contributed by atoms with E-state index < -0.39 is 0 Å². The molecule has 0 N–H and O–H groups in total. The highest BCUT2D eigenvalue weighted by Gasteiger charge is 1.86. The van der Waals surface area contributed by atoms with Gasteiger partial charge in [0, 0.05) is 5.02 Å². The van der Waals surface area contributed by atoms with Gasteiger partial charge in [0.15, 0.2) is 0 Å². The van der Waals surface area contributed by atoms with Crippen LogP contribution in [0.1, 0.15) is 51.5 Å². The van der Waals surface area contributed by atoms with Crippen LogP contribution in [-0.4, -0.2) is 0 Å². The summed E-state index contributed by atoms with van der Waals surface area (Å²) in [6, 6.07) is 7.77. The Morgan fingerprint density at radius 2 is 1.47 bits per heavy atom. The first-order valence-electron chi connectivity index (χ1n) is 5.93. The van der Waals surface area contributed by atoms with Crippen LogP contribution in [0.2, 0.25) is 5.02 Å². The molecular formula is C14H23Cl. The quantitative estimate of drug-likeness (QED) is 0.584. The summed E-state index contributed by atoms with van der Waals surface area (Å²) < 4.78 is 0. The molecule has 86 valence electrons. The molecule has 0 spiro atoms. The summed E-state index contributed by atoms with van der Waals surface area (Å²) in [4.78, 5) is 0. The van der Waals surface area contributed by atoms with E-state index in [1.54, 1.807) is 0 Å². The molecular weight excluding hydrogens is 204 g/mol. The summed E-state index contributed by atoms with van der Waals surface area (Å²) in [6.07, 6.45) is 7.01. The molecule has 0 aliphatic heterocycles. The van der Waals surface area contributed by atoms with Crippen LogP contribution in [0.5, 0.6) is 0 Å². The largest absolute Gasteiger partial charge is 0.0841 e. The highest BCUT2D eigenvalue weighted by atomic mass is 35.5. The Hall–Kier alpha value is -0.490. The van der Waals surface area contributed by atoms with Crippen LogP contribution in [0, 0.1) is 6.92 Å². The lowest BCUT2D eigenvalue weighted by atomic mass is 10.2. The van der Waals surface area contributed by atoms with Crippen molar-refractivity contribution in [3.8, 4) is 0 Å². The van der Waals surface area contributed by atoms with Crippen LogP contribution in [0.3, 0.4) is 0 Å². The van der Waals surface area contributed by atoms with Gasteiger partial charge in [-0.25, -0.2) is 0 Å². The minimum Gasteiger partial charge on any atom is -0.0841 e. The minimum absolute atomic E-state index is 0.840. The molecule has 0 aliphatic rings. The highest BCUT2D eigenvalue weighted by Crippen LogP contribution is 2.11. The lowest BCUT2D eigenvalue weighted by Gasteiger charge is -1.90. The van der Waals surface area contributed by atoms with Gasteiger partial charge < -0.3 is 0 Å². The molecule has 0 nitrogen and oxygen atoms in total. The second-order valence-corrected chi connectivity index (χ2v) is 4.22. The average molecular weight is 227 g/mol. The van der Waals surface area contributed by atoms with E-state index in [0.717, 1.165) is 10.6 Å². The van der Waals surface area contributed by atoms with Gasteiger partial charge in [0.2, 0.25) is 0 Å². The molecule has 0 aliphatic carbocycles. The van der Waals surface area contributed by atoms with Crippen molar-refractivity contribution in [1.29, 1.82) is 0 Å². The second kappa shape index (κ2) is 10.0. The third kappa shape index (κ3) is 8.50. The van der Waals surface area contributed by atoms with E-state index in [-0.39, 0.29) is 0 Å². The molecule has 0 saturated heterocycles. The van der Waals surface area contributed by atoms with E-state index in [1.165, 1.54) is 32.1 Å².